The average Bonchev–Trinajstić information content (AvgIpc) is 2.48. The number of aliphatic carboxylic acids is 1. The van der Waals surface area contributed by atoms with E-state index in [4.69, 9.17) is 23.2 Å². The zero-order chi connectivity index (χ0) is 15.0. The molecule has 1 aromatic heterocycles. The summed E-state index contributed by atoms with van der Waals surface area (Å²) < 4.78 is 0. The molecule has 0 radical (unpaired) electrons. The first kappa shape index (κ1) is 14.9. The van der Waals surface area contributed by atoms with Gasteiger partial charge in [-0.2, -0.15) is 0 Å². The van der Waals surface area contributed by atoms with E-state index < -0.39 is 12.0 Å². The van der Waals surface area contributed by atoms with Crippen LogP contribution in [0, 0.1) is 5.92 Å². The van der Waals surface area contributed by atoms with Crippen LogP contribution in [0.2, 0.25) is 10.3 Å². The van der Waals surface area contributed by atoms with Gasteiger partial charge in [-0.3, -0.25) is 0 Å². The molecule has 5 nitrogen and oxygen atoms in total. The summed E-state index contributed by atoms with van der Waals surface area (Å²) in [7, 11) is 0. The number of fused-ring (bicyclic) bond motifs is 1. The predicted octanol–water partition coefficient (Wildman–Crippen LogP) is 3.40. The minimum Gasteiger partial charge on any atom is -0.480 e. The number of hydrogen-bond acceptors (Lipinski definition) is 4. The van der Waals surface area contributed by atoms with Crippen molar-refractivity contribution in [2.24, 2.45) is 5.92 Å². The third kappa shape index (κ3) is 2.81. The fourth-order valence-corrected chi connectivity index (χ4v) is 4.08. The molecule has 0 bridgehead atoms. The third-order valence-corrected chi connectivity index (χ3v) is 5.09. The molecule has 114 valence electrons. The van der Waals surface area contributed by atoms with Crippen molar-refractivity contribution in [3.8, 4) is 0 Å². The van der Waals surface area contributed by atoms with Crippen LogP contribution in [0.4, 0.5) is 5.69 Å². The van der Waals surface area contributed by atoms with Crippen LogP contribution in [0.25, 0.3) is 0 Å². The molecule has 2 aliphatic rings. The van der Waals surface area contributed by atoms with Crippen LogP contribution in [-0.4, -0.2) is 33.4 Å². The van der Waals surface area contributed by atoms with Crippen molar-refractivity contribution in [1.82, 2.24) is 10.2 Å². The SMILES string of the molecule is O=C(O)C1CCC2CCCCC2N1c1cc(Cl)nnc1Cl. The predicted molar refractivity (Wildman–Crippen MR) is 80.9 cm³/mol. The Morgan fingerprint density at radius 3 is 2.71 bits per heavy atom. The highest BCUT2D eigenvalue weighted by atomic mass is 35.5. The summed E-state index contributed by atoms with van der Waals surface area (Å²) in [6.45, 7) is 0. The van der Waals surface area contributed by atoms with E-state index in [1.165, 1.54) is 6.42 Å². The zero-order valence-electron chi connectivity index (χ0n) is 11.5. The molecule has 2 heterocycles. The number of aromatic nitrogens is 2. The number of halogens is 2. The third-order valence-electron chi connectivity index (χ3n) is 4.64. The molecule has 1 aromatic rings. The minimum atomic E-state index is -0.817. The van der Waals surface area contributed by atoms with E-state index in [1.54, 1.807) is 6.07 Å². The Kier molecular flexibility index (Phi) is 4.22. The van der Waals surface area contributed by atoms with Crippen LogP contribution in [0.1, 0.15) is 38.5 Å². The van der Waals surface area contributed by atoms with E-state index in [9.17, 15) is 9.90 Å². The van der Waals surface area contributed by atoms with Gasteiger partial charge in [0.1, 0.15) is 6.04 Å². The first-order valence-corrected chi connectivity index (χ1v) is 8.03. The van der Waals surface area contributed by atoms with E-state index in [1.807, 2.05) is 4.90 Å². The standard InChI is InChI=1S/C14H17Cl2N3O2/c15-12-7-11(13(16)18-17-12)19-9-4-2-1-3-8(9)5-6-10(19)14(20)21/h7-10H,1-6H2,(H,20,21). The maximum absolute atomic E-state index is 11.7. The Hall–Kier alpha value is -1.07. The summed E-state index contributed by atoms with van der Waals surface area (Å²) in [5.74, 6) is -0.291. The number of anilines is 1. The topological polar surface area (TPSA) is 66.3 Å². The number of hydrogen-bond donors (Lipinski definition) is 1. The summed E-state index contributed by atoms with van der Waals surface area (Å²) >= 11 is 12.1. The van der Waals surface area contributed by atoms with Gasteiger partial charge in [0.25, 0.3) is 0 Å². The molecule has 3 unspecified atom stereocenters. The molecular weight excluding hydrogens is 313 g/mol. The molecule has 0 spiro atoms. The van der Waals surface area contributed by atoms with Crippen molar-refractivity contribution in [2.75, 3.05) is 4.90 Å². The number of piperidine rings is 1. The highest BCUT2D eigenvalue weighted by Gasteiger charge is 2.42. The fourth-order valence-electron chi connectivity index (χ4n) is 3.75. The second kappa shape index (κ2) is 5.97. The molecule has 0 amide bonds. The molecule has 1 saturated carbocycles. The van der Waals surface area contributed by atoms with Crippen LogP contribution in [0.5, 0.6) is 0 Å². The summed E-state index contributed by atoms with van der Waals surface area (Å²) in [5, 5.41) is 17.6. The van der Waals surface area contributed by atoms with Gasteiger partial charge in [-0.25, -0.2) is 4.79 Å². The van der Waals surface area contributed by atoms with E-state index in [2.05, 4.69) is 10.2 Å². The van der Waals surface area contributed by atoms with Gasteiger partial charge in [-0.15, -0.1) is 10.2 Å². The quantitative estimate of drug-likeness (QED) is 0.900. The maximum Gasteiger partial charge on any atom is 0.326 e. The fraction of sp³-hybridized carbons (Fsp3) is 0.643. The second-order valence-electron chi connectivity index (χ2n) is 5.79. The minimum absolute atomic E-state index is 0.200. The molecule has 1 aliphatic heterocycles. The average molecular weight is 330 g/mol. The molecule has 1 saturated heterocycles. The zero-order valence-corrected chi connectivity index (χ0v) is 13.0. The van der Waals surface area contributed by atoms with Crippen molar-refractivity contribution in [3.63, 3.8) is 0 Å². The molecule has 1 N–H and O–H groups in total. The van der Waals surface area contributed by atoms with E-state index in [0.717, 1.165) is 25.7 Å². The lowest BCUT2D eigenvalue weighted by molar-refractivity contribution is -0.139. The van der Waals surface area contributed by atoms with Gasteiger partial charge in [-0.05, 0) is 31.6 Å². The second-order valence-corrected chi connectivity index (χ2v) is 6.54. The summed E-state index contributed by atoms with van der Waals surface area (Å²) in [6, 6.07) is 1.26. The molecule has 3 atom stereocenters. The number of nitrogens with zero attached hydrogens (tertiary/aromatic N) is 3. The van der Waals surface area contributed by atoms with Gasteiger partial charge in [-0.1, -0.05) is 36.0 Å². The van der Waals surface area contributed by atoms with Crippen LogP contribution < -0.4 is 4.90 Å². The number of rotatable bonds is 2. The lowest BCUT2D eigenvalue weighted by atomic mass is 9.76. The van der Waals surface area contributed by atoms with Gasteiger partial charge in [0.2, 0.25) is 0 Å². The number of carboxylic acids is 1. The molecule has 7 heteroatoms. The first-order valence-electron chi connectivity index (χ1n) is 7.28. The maximum atomic E-state index is 11.7. The van der Waals surface area contributed by atoms with Crippen molar-refractivity contribution >= 4 is 34.9 Å². The van der Waals surface area contributed by atoms with Gasteiger partial charge in [0, 0.05) is 12.1 Å². The highest BCUT2D eigenvalue weighted by molar-refractivity contribution is 6.33. The summed E-state index contributed by atoms with van der Waals surface area (Å²) in [4.78, 5) is 13.6. The van der Waals surface area contributed by atoms with Gasteiger partial charge >= 0.3 is 5.97 Å². The van der Waals surface area contributed by atoms with Gasteiger partial charge in [0.15, 0.2) is 10.3 Å². The molecule has 0 aromatic carbocycles. The molecule has 21 heavy (non-hydrogen) atoms. The van der Waals surface area contributed by atoms with E-state index in [-0.39, 0.29) is 16.3 Å². The van der Waals surface area contributed by atoms with Gasteiger partial charge < -0.3 is 10.0 Å². The van der Waals surface area contributed by atoms with Crippen LogP contribution >= 0.6 is 23.2 Å². The molecular formula is C14H17Cl2N3O2. The van der Waals surface area contributed by atoms with E-state index in [0.29, 0.717) is 18.0 Å². The normalized spacial score (nSPS) is 29.0. The van der Waals surface area contributed by atoms with Crippen LogP contribution in [0.15, 0.2) is 6.07 Å². The lowest BCUT2D eigenvalue weighted by Crippen LogP contribution is -2.55. The number of carboxylic acid groups (broad SMARTS) is 1. The molecule has 3 rings (SSSR count). The Bertz CT molecular complexity index is 555. The molecule has 1 aliphatic carbocycles. The Balaban J connectivity index is 2.03. The van der Waals surface area contributed by atoms with E-state index >= 15 is 0 Å². The van der Waals surface area contributed by atoms with Crippen LogP contribution in [0.3, 0.4) is 0 Å². The largest absolute Gasteiger partial charge is 0.480 e. The Morgan fingerprint density at radius 2 is 1.95 bits per heavy atom. The van der Waals surface area contributed by atoms with Crippen molar-refractivity contribution in [3.05, 3.63) is 16.4 Å². The smallest absolute Gasteiger partial charge is 0.326 e. The van der Waals surface area contributed by atoms with Crippen molar-refractivity contribution in [2.45, 2.75) is 50.6 Å². The highest BCUT2D eigenvalue weighted by Crippen LogP contribution is 2.42. The Labute approximate surface area is 133 Å². The monoisotopic (exact) mass is 329 g/mol. The number of carbonyl (C=O) groups is 1. The van der Waals surface area contributed by atoms with Crippen molar-refractivity contribution < 1.29 is 9.90 Å². The lowest BCUT2D eigenvalue weighted by Gasteiger charge is -2.48. The summed E-state index contributed by atoms with van der Waals surface area (Å²) in [6.07, 6.45) is 6.07. The van der Waals surface area contributed by atoms with Gasteiger partial charge in [0.05, 0.1) is 5.69 Å². The van der Waals surface area contributed by atoms with Crippen LogP contribution in [-0.2, 0) is 4.79 Å². The van der Waals surface area contributed by atoms with Crippen molar-refractivity contribution in [1.29, 1.82) is 0 Å². The Morgan fingerprint density at radius 1 is 1.19 bits per heavy atom. The first-order chi connectivity index (χ1) is 10.1. The molecule has 2 fully saturated rings. The summed E-state index contributed by atoms with van der Waals surface area (Å²) in [5.41, 5.74) is 0.598.